The van der Waals surface area contributed by atoms with Crippen LogP contribution in [0.1, 0.15) is 107 Å². The molecule has 4 heteroatoms. The zero-order valence-electron chi connectivity index (χ0n) is 20.9. The zero-order chi connectivity index (χ0) is 23.0. The van der Waals surface area contributed by atoms with Crippen LogP contribution in [0.4, 0.5) is 0 Å². The van der Waals surface area contributed by atoms with Crippen LogP contribution in [0.15, 0.2) is 0 Å². The van der Waals surface area contributed by atoms with Gasteiger partial charge in [-0.05, 0) is 87.2 Å². The number of rotatable bonds is 6. The lowest BCUT2D eigenvalue weighted by Gasteiger charge is -2.29. The maximum absolute atomic E-state index is 6.18. The third-order valence-electron chi connectivity index (χ3n) is 9.36. The van der Waals surface area contributed by atoms with Gasteiger partial charge in [-0.3, -0.25) is 0 Å². The standard InChI is InChI=1S/C29H36O4/c1-14-20(28(32-5)24-18-9-7-16(11-18)22(24)26(14)30-3)13-21-15(2)27(31-4)23-17-8-10-19(12-17)25(23)29(21)33-6/h16-19H,7-13H2,1-6H3. The van der Waals surface area contributed by atoms with Crippen molar-refractivity contribution in [3.05, 3.63) is 44.5 Å². The van der Waals surface area contributed by atoms with E-state index in [0.717, 1.165) is 29.4 Å². The van der Waals surface area contributed by atoms with Crippen LogP contribution in [0.2, 0.25) is 0 Å². The highest BCUT2D eigenvalue weighted by Crippen LogP contribution is 2.62. The molecule has 4 aliphatic carbocycles. The highest BCUT2D eigenvalue weighted by molar-refractivity contribution is 5.69. The van der Waals surface area contributed by atoms with Gasteiger partial charge in [0.2, 0.25) is 0 Å². The van der Waals surface area contributed by atoms with Crippen molar-refractivity contribution in [1.29, 1.82) is 0 Å². The molecule has 2 fully saturated rings. The summed E-state index contributed by atoms with van der Waals surface area (Å²) in [5.74, 6) is 6.76. The number of fused-ring (bicyclic) bond motifs is 10. The Morgan fingerprint density at radius 2 is 0.818 bits per heavy atom. The third kappa shape index (κ3) is 2.70. The largest absolute Gasteiger partial charge is 0.496 e. The summed E-state index contributed by atoms with van der Waals surface area (Å²) < 4.78 is 24.5. The Morgan fingerprint density at radius 3 is 1.12 bits per heavy atom. The quantitative estimate of drug-likeness (QED) is 0.495. The van der Waals surface area contributed by atoms with Gasteiger partial charge in [-0.1, -0.05) is 0 Å². The number of benzene rings is 2. The van der Waals surface area contributed by atoms with Gasteiger partial charge < -0.3 is 18.9 Å². The molecular formula is C29H36O4. The maximum atomic E-state index is 6.18. The van der Waals surface area contributed by atoms with Crippen molar-refractivity contribution in [2.45, 2.75) is 82.5 Å². The molecule has 0 amide bonds. The molecule has 0 aromatic heterocycles. The Bertz CT molecular complexity index is 1060. The van der Waals surface area contributed by atoms with E-state index in [1.54, 1.807) is 0 Å². The van der Waals surface area contributed by atoms with E-state index in [2.05, 4.69) is 13.8 Å². The average Bonchev–Trinajstić information content (AvgIpc) is 3.61. The van der Waals surface area contributed by atoms with Crippen LogP contribution in [-0.4, -0.2) is 28.4 Å². The summed E-state index contributed by atoms with van der Waals surface area (Å²) in [6.45, 7) is 4.41. The van der Waals surface area contributed by atoms with E-state index in [4.69, 9.17) is 18.9 Å². The Balaban J connectivity index is 1.57. The molecule has 0 heterocycles. The topological polar surface area (TPSA) is 36.9 Å². The Kier molecular flexibility index (Phi) is 4.87. The highest BCUT2D eigenvalue weighted by atomic mass is 16.5. The first-order chi connectivity index (χ1) is 16.0. The molecule has 4 atom stereocenters. The van der Waals surface area contributed by atoms with Crippen LogP contribution in [-0.2, 0) is 6.42 Å². The summed E-state index contributed by atoms with van der Waals surface area (Å²) in [7, 11) is 7.32. The Morgan fingerprint density at radius 1 is 0.515 bits per heavy atom. The molecule has 4 bridgehead atoms. The van der Waals surface area contributed by atoms with Crippen molar-refractivity contribution in [3.63, 3.8) is 0 Å². The van der Waals surface area contributed by atoms with Crippen molar-refractivity contribution in [3.8, 4) is 23.0 Å². The zero-order valence-corrected chi connectivity index (χ0v) is 20.9. The van der Waals surface area contributed by atoms with Crippen LogP contribution < -0.4 is 18.9 Å². The number of methoxy groups -OCH3 is 4. The van der Waals surface area contributed by atoms with E-state index in [-0.39, 0.29) is 0 Å². The second kappa shape index (κ2) is 7.58. The van der Waals surface area contributed by atoms with Gasteiger partial charge in [-0.2, -0.15) is 0 Å². The minimum Gasteiger partial charge on any atom is -0.496 e. The monoisotopic (exact) mass is 448 g/mol. The minimum atomic E-state index is 0.599. The molecule has 2 aromatic carbocycles. The van der Waals surface area contributed by atoms with Gasteiger partial charge in [0, 0.05) is 39.8 Å². The number of ether oxygens (including phenoxy) is 4. The fourth-order valence-corrected chi connectivity index (χ4v) is 8.06. The van der Waals surface area contributed by atoms with Crippen molar-refractivity contribution in [1.82, 2.24) is 0 Å². The summed E-state index contributed by atoms with van der Waals surface area (Å²) in [6.07, 6.45) is 8.31. The van der Waals surface area contributed by atoms with Crippen molar-refractivity contribution in [2.75, 3.05) is 28.4 Å². The molecule has 0 saturated heterocycles. The highest BCUT2D eigenvalue weighted by Gasteiger charge is 2.45. The first kappa shape index (κ1) is 21.2. The second-order valence-electron chi connectivity index (χ2n) is 10.6. The molecule has 0 aliphatic heterocycles. The molecule has 33 heavy (non-hydrogen) atoms. The van der Waals surface area contributed by atoms with Gasteiger partial charge in [-0.25, -0.2) is 0 Å². The summed E-state index contributed by atoms with van der Waals surface area (Å²) in [5, 5.41) is 0. The molecule has 2 aromatic rings. The van der Waals surface area contributed by atoms with Crippen LogP contribution >= 0.6 is 0 Å². The van der Waals surface area contributed by atoms with Gasteiger partial charge in [0.1, 0.15) is 23.0 Å². The summed E-state index contributed by atoms with van der Waals surface area (Å²) in [4.78, 5) is 0. The molecule has 0 radical (unpaired) electrons. The smallest absolute Gasteiger partial charge is 0.126 e. The van der Waals surface area contributed by atoms with Crippen LogP contribution in [0.5, 0.6) is 23.0 Å². The molecular weight excluding hydrogens is 412 g/mol. The molecule has 0 N–H and O–H groups in total. The fourth-order valence-electron chi connectivity index (χ4n) is 8.06. The molecule has 4 unspecified atom stereocenters. The van der Waals surface area contributed by atoms with E-state index in [1.165, 1.54) is 83.0 Å². The van der Waals surface area contributed by atoms with E-state index in [9.17, 15) is 0 Å². The average molecular weight is 449 g/mol. The molecule has 2 saturated carbocycles. The molecule has 6 rings (SSSR count). The Hall–Kier alpha value is -2.36. The lowest BCUT2D eigenvalue weighted by atomic mass is 9.81. The van der Waals surface area contributed by atoms with Crippen molar-refractivity contribution in [2.24, 2.45) is 0 Å². The second-order valence-corrected chi connectivity index (χ2v) is 10.6. The van der Waals surface area contributed by atoms with Gasteiger partial charge in [0.05, 0.1) is 28.4 Å². The van der Waals surface area contributed by atoms with Gasteiger partial charge in [-0.15, -0.1) is 0 Å². The van der Waals surface area contributed by atoms with Gasteiger partial charge in [0.15, 0.2) is 0 Å². The molecule has 4 nitrogen and oxygen atoms in total. The van der Waals surface area contributed by atoms with Crippen LogP contribution in [0.3, 0.4) is 0 Å². The molecule has 4 aliphatic rings. The summed E-state index contributed by atoms with van der Waals surface area (Å²) >= 11 is 0. The first-order valence-corrected chi connectivity index (χ1v) is 12.6. The SMILES string of the molecule is COc1c(C)c(Cc2c(C)c(OC)c3c(c2OC)C2CCC3C2)c(OC)c2c1C1CCC2C1. The predicted molar refractivity (Wildman–Crippen MR) is 130 cm³/mol. The summed E-state index contributed by atoms with van der Waals surface area (Å²) in [6, 6.07) is 0. The number of hydrogen-bond acceptors (Lipinski definition) is 4. The molecule has 0 spiro atoms. The van der Waals surface area contributed by atoms with E-state index >= 15 is 0 Å². The summed E-state index contributed by atoms with van der Waals surface area (Å²) in [5.41, 5.74) is 10.6. The molecule has 176 valence electrons. The predicted octanol–water partition coefficient (Wildman–Crippen LogP) is 6.66. The normalized spacial score (nSPS) is 25.9. The van der Waals surface area contributed by atoms with Crippen LogP contribution in [0, 0.1) is 13.8 Å². The lowest BCUT2D eigenvalue weighted by Crippen LogP contribution is -2.12. The van der Waals surface area contributed by atoms with Gasteiger partial charge >= 0.3 is 0 Å². The minimum absolute atomic E-state index is 0.599. The van der Waals surface area contributed by atoms with E-state index < -0.39 is 0 Å². The van der Waals surface area contributed by atoms with E-state index in [0.29, 0.717) is 23.7 Å². The van der Waals surface area contributed by atoms with E-state index in [1.807, 2.05) is 28.4 Å². The first-order valence-electron chi connectivity index (χ1n) is 12.6. The van der Waals surface area contributed by atoms with Crippen molar-refractivity contribution < 1.29 is 18.9 Å². The van der Waals surface area contributed by atoms with Crippen molar-refractivity contribution >= 4 is 0 Å². The third-order valence-corrected chi connectivity index (χ3v) is 9.36. The Labute approximate surface area is 197 Å². The number of hydrogen-bond donors (Lipinski definition) is 0. The van der Waals surface area contributed by atoms with Crippen LogP contribution in [0.25, 0.3) is 0 Å². The lowest BCUT2D eigenvalue weighted by molar-refractivity contribution is 0.380. The van der Waals surface area contributed by atoms with Gasteiger partial charge in [0.25, 0.3) is 0 Å². The fraction of sp³-hybridized carbons (Fsp3) is 0.586. The maximum Gasteiger partial charge on any atom is 0.126 e.